The predicted molar refractivity (Wildman–Crippen MR) is 74.7 cm³/mol. The number of aryl methyl sites for hydroxylation is 1. The Bertz CT molecular complexity index is 656. The van der Waals surface area contributed by atoms with Crippen LogP contribution < -0.4 is 15.8 Å². The summed E-state index contributed by atoms with van der Waals surface area (Å²) < 4.78 is 43.4. The normalized spacial score (nSPS) is 11.3. The second-order valence-electron chi connectivity index (χ2n) is 4.49. The average Bonchev–Trinajstić information content (AvgIpc) is 2.37. The summed E-state index contributed by atoms with van der Waals surface area (Å²) in [4.78, 5) is 3.86. The fourth-order valence-corrected chi connectivity index (χ4v) is 1.84. The van der Waals surface area contributed by atoms with Gasteiger partial charge in [-0.1, -0.05) is 6.07 Å². The van der Waals surface area contributed by atoms with E-state index in [1.807, 2.05) is 13.0 Å². The molecule has 0 aliphatic heterocycles. The SMILES string of the molecule is COc1ccc(C)cc1Nc1cc(C(F)(F)F)cc(N)n1. The van der Waals surface area contributed by atoms with Crippen molar-refractivity contribution in [2.45, 2.75) is 13.1 Å². The van der Waals surface area contributed by atoms with Crippen molar-refractivity contribution in [2.24, 2.45) is 0 Å². The summed E-state index contributed by atoms with van der Waals surface area (Å²) in [7, 11) is 1.48. The minimum Gasteiger partial charge on any atom is -0.495 e. The van der Waals surface area contributed by atoms with Crippen molar-refractivity contribution >= 4 is 17.3 Å². The van der Waals surface area contributed by atoms with Crippen molar-refractivity contribution in [2.75, 3.05) is 18.2 Å². The van der Waals surface area contributed by atoms with Crippen molar-refractivity contribution in [3.8, 4) is 5.75 Å². The van der Waals surface area contributed by atoms with Gasteiger partial charge in [0.15, 0.2) is 0 Å². The Labute approximate surface area is 119 Å². The van der Waals surface area contributed by atoms with Gasteiger partial charge in [-0.3, -0.25) is 0 Å². The number of pyridine rings is 1. The van der Waals surface area contributed by atoms with E-state index in [0.29, 0.717) is 11.4 Å². The Morgan fingerprint density at radius 1 is 1.19 bits per heavy atom. The first-order valence-corrected chi connectivity index (χ1v) is 6.06. The van der Waals surface area contributed by atoms with Crippen molar-refractivity contribution in [1.82, 2.24) is 4.98 Å². The van der Waals surface area contributed by atoms with Gasteiger partial charge in [0.2, 0.25) is 0 Å². The smallest absolute Gasteiger partial charge is 0.416 e. The summed E-state index contributed by atoms with van der Waals surface area (Å²) in [6.45, 7) is 1.86. The largest absolute Gasteiger partial charge is 0.495 e. The van der Waals surface area contributed by atoms with Crippen molar-refractivity contribution < 1.29 is 17.9 Å². The molecule has 0 atom stereocenters. The van der Waals surface area contributed by atoms with Gasteiger partial charge in [-0.2, -0.15) is 13.2 Å². The Morgan fingerprint density at radius 2 is 1.90 bits per heavy atom. The fourth-order valence-electron chi connectivity index (χ4n) is 1.84. The van der Waals surface area contributed by atoms with Gasteiger partial charge in [-0.15, -0.1) is 0 Å². The highest BCUT2D eigenvalue weighted by Gasteiger charge is 2.31. The third-order valence-corrected chi connectivity index (χ3v) is 2.79. The monoisotopic (exact) mass is 297 g/mol. The minimum atomic E-state index is -4.48. The Kier molecular flexibility index (Phi) is 3.93. The molecule has 0 aliphatic carbocycles. The number of nitrogen functional groups attached to an aromatic ring is 1. The van der Waals surface area contributed by atoms with Gasteiger partial charge in [-0.05, 0) is 36.8 Å². The third kappa shape index (κ3) is 3.56. The van der Waals surface area contributed by atoms with E-state index in [4.69, 9.17) is 10.5 Å². The maximum atomic E-state index is 12.8. The van der Waals surface area contributed by atoms with Crippen molar-refractivity contribution in [3.05, 3.63) is 41.5 Å². The molecule has 0 saturated heterocycles. The first-order valence-electron chi connectivity index (χ1n) is 6.06. The number of rotatable bonds is 3. The molecule has 0 saturated carbocycles. The molecule has 2 rings (SSSR count). The summed E-state index contributed by atoms with van der Waals surface area (Å²) in [5, 5.41) is 2.80. The first kappa shape index (κ1) is 15.0. The predicted octanol–water partition coefficient (Wildman–Crippen LogP) is 3.74. The van der Waals surface area contributed by atoms with Gasteiger partial charge in [-0.25, -0.2) is 4.98 Å². The zero-order valence-corrected chi connectivity index (χ0v) is 11.5. The van der Waals surface area contributed by atoms with Crippen LogP contribution in [0.15, 0.2) is 30.3 Å². The number of alkyl halides is 3. The van der Waals surface area contributed by atoms with E-state index in [1.165, 1.54) is 7.11 Å². The lowest BCUT2D eigenvalue weighted by molar-refractivity contribution is -0.137. The number of benzene rings is 1. The quantitative estimate of drug-likeness (QED) is 0.906. The molecule has 0 bridgehead atoms. The number of nitrogens with one attached hydrogen (secondary N) is 1. The zero-order valence-electron chi connectivity index (χ0n) is 11.5. The number of hydrogen-bond acceptors (Lipinski definition) is 4. The topological polar surface area (TPSA) is 60.2 Å². The highest BCUT2D eigenvalue weighted by atomic mass is 19.4. The number of anilines is 3. The van der Waals surface area contributed by atoms with Gasteiger partial charge in [0.1, 0.15) is 17.4 Å². The van der Waals surface area contributed by atoms with E-state index >= 15 is 0 Å². The van der Waals surface area contributed by atoms with Gasteiger partial charge in [0.05, 0.1) is 18.4 Å². The molecule has 21 heavy (non-hydrogen) atoms. The summed E-state index contributed by atoms with van der Waals surface area (Å²) in [5.41, 5.74) is 6.02. The molecule has 112 valence electrons. The highest BCUT2D eigenvalue weighted by molar-refractivity contribution is 5.66. The molecule has 1 heterocycles. The number of nitrogens with zero attached hydrogens (tertiary/aromatic N) is 1. The third-order valence-electron chi connectivity index (χ3n) is 2.79. The maximum Gasteiger partial charge on any atom is 0.416 e. The molecular formula is C14H14F3N3O. The Morgan fingerprint density at radius 3 is 2.52 bits per heavy atom. The van der Waals surface area contributed by atoms with E-state index in [9.17, 15) is 13.2 Å². The van der Waals surface area contributed by atoms with Crippen LogP contribution in [0, 0.1) is 6.92 Å². The van der Waals surface area contributed by atoms with Crippen LogP contribution in [-0.2, 0) is 6.18 Å². The molecule has 2 aromatic rings. The number of nitrogens with two attached hydrogens (primary N) is 1. The number of ether oxygens (including phenoxy) is 1. The second kappa shape index (κ2) is 5.51. The van der Waals surface area contributed by atoms with Gasteiger partial charge >= 0.3 is 6.18 Å². The van der Waals surface area contributed by atoms with Gasteiger partial charge in [0, 0.05) is 0 Å². The summed E-state index contributed by atoms with van der Waals surface area (Å²) in [6, 6.07) is 6.99. The Balaban J connectivity index is 2.40. The van der Waals surface area contributed by atoms with Crippen LogP contribution in [0.4, 0.5) is 30.5 Å². The van der Waals surface area contributed by atoms with Gasteiger partial charge in [0.25, 0.3) is 0 Å². The van der Waals surface area contributed by atoms with Crippen LogP contribution in [0.5, 0.6) is 5.75 Å². The molecule has 1 aromatic carbocycles. The number of hydrogen-bond donors (Lipinski definition) is 2. The average molecular weight is 297 g/mol. The first-order chi connectivity index (χ1) is 9.79. The lowest BCUT2D eigenvalue weighted by atomic mass is 10.2. The molecule has 0 spiro atoms. The van der Waals surface area contributed by atoms with Gasteiger partial charge < -0.3 is 15.8 Å². The summed E-state index contributed by atoms with van der Waals surface area (Å²) in [6.07, 6.45) is -4.48. The molecule has 0 aliphatic rings. The van der Waals surface area contributed by atoms with Crippen molar-refractivity contribution in [1.29, 1.82) is 0 Å². The lowest BCUT2D eigenvalue weighted by Gasteiger charge is -2.14. The molecule has 0 radical (unpaired) electrons. The molecule has 3 N–H and O–H groups in total. The zero-order chi connectivity index (χ0) is 15.6. The standard InChI is InChI=1S/C14H14F3N3O/c1-8-3-4-11(21-2)10(5-8)19-13-7-9(14(15,16)17)6-12(18)20-13/h3-7H,1-2H3,(H3,18,19,20). The number of halogens is 3. The Hall–Kier alpha value is -2.44. The van der Waals surface area contributed by atoms with E-state index < -0.39 is 11.7 Å². The summed E-state index contributed by atoms with van der Waals surface area (Å²) >= 11 is 0. The van der Waals surface area contributed by atoms with Crippen molar-refractivity contribution in [3.63, 3.8) is 0 Å². The second-order valence-corrected chi connectivity index (χ2v) is 4.49. The number of methoxy groups -OCH3 is 1. The molecular weight excluding hydrogens is 283 g/mol. The molecule has 7 heteroatoms. The lowest BCUT2D eigenvalue weighted by Crippen LogP contribution is -2.08. The highest BCUT2D eigenvalue weighted by Crippen LogP contribution is 2.33. The molecule has 0 amide bonds. The fraction of sp³-hybridized carbons (Fsp3) is 0.214. The molecule has 1 aromatic heterocycles. The summed E-state index contributed by atoms with van der Waals surface area (Å²) in [5.74, 6) is 0.295. The number of aromatic nitrogens is 1. The molecule has 0 unspecified atom stereocenters. The van der Waals surface area contributed by atoms with Crippen LogP contribution in [0.3, 0.4) is 0 Å². The van der Waals surface area contributed by atoms with E-state index in [2.05, 4.69) is 10.3 Å². The van der Waals surface area contributed by atoms with Crippen LogP contribution >= 0.6 is 0 Å². The molecule has 4 nitrogen and oxygen atoms in total. The van der Waals surface area contributed by atoms with Crippen LogP contribution in [0.1, 0.15) is 11.1 Å². The minimum absolute atomic E-state index is 0.00576. The van der Waals surface area contributed by atoms with E-state index in [1.54, 1.807) is 12.1 Å². The van der Waals surface area contributed by atoms with E-state index in [0.717, 1.165) is 17.7 Å². The molecule has 0 fully saturated rings. The maximum absolute atomic E-state index is 12.8. The van der Waals surface area contributed by atoms with E-state index in [-0.39, 0.29) is 11.6 Å². The van der Waals surface area contributed by atoms with Crippen LogP contribution in [-0.4, -0.2) is 12.1 Å². The van der Waals surface area contributed by atoms with Crippen LogP contribution in [0.25, 0.3) is 0 Å². The van der Waals surface area contributed by atoms with Crippen LogP contribution in [0.2, 0.25) is 0 Å².